The van der Waals surface area contributed by atoms with Crippen molar-refractivity contribution in [1.29, 1.82) is 0 Å². The second-order valence-corrected chi connectivity index (χ2v) is 7.26. The van der Waals surface area contributed by atoms with Crippen molar-refractivity contribution in [3.63, 3.8) is 0 Å². The van der Waals surface area contributed by atoms with Crippen LogP contribution in [0.3, 0.4) is 0 Å². The van der Waals surface area contributed by atoms with E-state index in [1.807, 2.05) is 0 Å². The molecule has 6 heteroatoms. The summed E-state index contributed by atoms with van der Waals surface area (Å²) in [4.78, 5) is 27.3. The van der Waals surface area contributed by atoms with Crippen molar-refractivity contribution in [2.45, 2.75) is 13.0 Å². The molecule has 1 aromatic heterocycles. The molecule has 1 fully saturated rings. The largest absolute Gasteiger partial charge is 0.451 e. The van der Waals surface area contributed by atoms with Gasteiger partial charge in [0, 0.05) is 25.7 Å². The number of aryl methyl sites for hydroxylation is 1. The summed E-state index contributed by atoms with van der Waals surface area (Å²) in [6.07, 6.45) is 0. The molecule has 0 radical (unpaired) electrons. The molecule has 2 heterocycles. The molecular weight excluding hydrogens is 368 g/mol. The Morgan fingerprint density at radius 1 is 1.10 bits per heavy atom. The molecule has 1 amide bonds. The van der Waals surface area contributed by atoms with Gasteiger partial charge < -0.3 is 14.5 Å². The quantitative estimate of drug-likeness (QED) is 0.723. The molecule has 6 nitrogen and oxygen atoms in total. The molecule has 3 aromatic rings. The number of benzene rings is 2. The first kappa shape index (κ1) is 19.4. The summed E-state index contributed by atoms with van der Waals surface area (Å²) in [6, 6.07) is 16.6. The van der Waals surface area contributed by atoms with Crippen molar-refractivity contribution in [3.05, 3.63) is 81.7 Å². The van der Waals surface area contributed by atoms with Crippen LogP contribution in [0.4, 0.5) is 0 Å². The van der Waals surface area contributed by atoms with Gasteiger partial charge in [0.2, 0.25) is 0 Å². The zero-order valence-corrected chi connectivity index (χ0v) is 16.4. The molecule has 150 valence electrons. The van der Waals surface area contributed by atoms with Crippen molar-refractivity contribution in [2.75, 3.05) is 32.8 Å². The van der Waals surface area contributed by atoms with Gasteiger partial charge in [0.25, 0.3) is 5.91 Å². The average Bonchev–Trinajstić information content (AvgIpc) is 2.75. The number of rotatable bonds is 5. The van der Waals surface area contributed by atoms with Gasteiger partial charge in [-0.25, -0.2) is 0 Å². The van der Waals surface area contributed by atoms with Gasteiger partial charge in [0.05, 0.1) is 24.6 Å². The van der Waals surface area contributed by atoms with Crippen LogP contribution in [0.25, 0.3) is 11.0 Å². The maximum atomic E-state index is 12.7. The average molecular weight is 392 g/mol. The molecule has 0 aliphatic carbocycles. The summed E-state index contributed by atoms with van der Waals surface area (Å²) >= 11 is 0. The van der Waals surface area contributed by atoms with Crippen LogP contribution in [0.15, 0.2) is 63.8 Å². The fraction of sp³-hybridized carbons (Fsp3) is 0.304. The van der Waals surface area contributed by atoms with E-state index >= 15 is 0 Å². The molecule has 1 aliphatic rings. The molecule has 4 rings (SSSR count). The van der Waals surface area contributed by atoms with Crippen molar-refractivity contribution < 1.29 is 13.9 Å². The number of carbonyl (C=O) groups is 1. The van der Waals surface area contributed by atoms with Gasteiger partial charge in [-0.3, -0.25) is 14.5 Å². The molecule has 1 saturated heterocycles. The Bertz CT molecular complexity index is 1050. The smallest absolute Gasteiger partial charge is 0.287 e. The van der Waals surface area contributed by atoms with Gasteiger partial charge in [-0.2, -0.15) is 0 Å². The van der Waals surface area contributed by atoms with E-state index in [1.165, 1.54) is 11.6 Å². The van der Waals surface area contributed by atoms with E-state index in [-0.39, 0.29) is 17.2 Å². The minimum absolute atomic E-state index is 0.0237. The fourth-order valence-corrected chi connectivity index (χ4v) is 3.63. The van der Waals surface area contributed by atoms with Crippen LogP contribution in [0.1, 0.15) is 27.7 Å². The molecule has 1 unspecified atom stereocenters. The number of amides is 1. The SMILES string of the molecule is Cc1ccc(C(CNC(=O)c2cc(=O)c3ccccc3o2)N2CCOCC2)cc1. The van der Waals surface area contributed by atoms with Crippen molar-refractivity contribution in [1.82, 2.24) is 10.2 Å². The number of hydrogen-bond donors (Lipinski definition) is 1. The van der Waals surface area contributed by atoms with Crippen LogP contribution in [0, 0.1) is 6.92 Å². The third-order valence-corrected chi connectivity index (χ3v) is 5.26. The first-order valence-corrected chi connectivity index (χ1v) is 9.81. The number of hydrogen-bond acceptors (Lipinski definition) is 5. The Kier molecular flexibility index (Phi) is 5.74. The van der Waals surface area contributed by atoms with Gasteiger partial charge in [0.1, 0.15) is 5.58 Å². The lowest BCUT2D eigenvalue weighted by molar-refractivity contribution is 0.0161. The Morgan fingerprint density at radius 2 is 1.83 bits per heavy atom. The lowest BCUT2D eigenvalue weighted by Gasteiger charge is -2.35. The highest BCUT2D eigenvalue weighted by molar-refractivity contribution is 5.93. The monoisotopic (exact) mass is 392 g/mol. The van der Waals surface area contributed by atoms with E-state index in [1.54, 1.807) is 24.3 Å². The van der Waals surface area contributed by atoms with Crippen LogP contribution in [0.5, 0.6) is 0 Å². The molecule has 0 spiro atoms. The van der Waals surface area contributed by atoms with E-state index in [2.05, 4.69) is 41.4 Å². The lowest BCUT2D eigenvalue weighted by Crippen LogP contribution is -2.43. The Balaban J connectivity index is 1.54. The minimum Gasteiger partial charge on any atom is -0.451 e. The van der Waals surface area contributed by atoms with Gasteiger partial charge >= 0.3 is 0 Å². The predicted octanol–water partition coefficient (Wildman–Crippen LogP) is 2.90. The summed E-state index contributed by atoms with van der Waals surface area (Å²) in [5.41, 5.74) is 2.52. The Hall–Kier alpha value is -2.96. The number of ether oxygens (including phenoxy) is 1. The Labute approximate surface area is 169 Å². The third-order valence-electron chi connectivity index (χ3n) is 5.26. The van der Waals surface area contributed by atoms with E-state index in [9.17, 15) is 9.59 Å². The predicted molar refractivity (Wildman–Crippen MR) is 111 cm³/mol. The van der Waals surface area contributed by atoms with E-state index in [0.29, 0.717) is 30.7 Å². The normalized spacial score (nSPS) is 15.9. The summed E-state index contributed by atoms with van der Waals surface area (Å²) in [7, 11) is 0. The molecule has 0 bridgehead atoms. The van der Waals surface area contributed by atoms with Gasteiger partial charge in [-0.05, 0) is 24.6 Å². The van der Waals surface area contributed by atoms with Crippen LogP contribution in [-0.4, -0.2) is 43.7 Å². The second-order valence-electron chi connectivity index (χ2n) is 7.26. The van der Waals surface area contributed by atoms with E-state index in [0.717, 1.165) is 18.7 Å². The molecule has 29 heavy (non-hydrogen) atoms. The summed E-state index contributed by atoms with van der Waals surface area (Å²) in [6.45, 7) is 5.43. The van der Waals surface area contributed by atoms with Crippen molar-refractivity contribution >= 4 is 16.9 Å². The summed E-state index contributed by atoms with van der Waals surface area (Å²) in [5.74, 6) is -0.364. The van der Waals surface area contributed by atoms with Crippen molar-refractivity contribution in [2.24, 2.45) is 0 Å². The zero-order chi connectivity index (χ0) is 20.2. The molecular formula is C23H24N2O4. The molecule has 1 aliphatic heterocycles. The van der Waals surface area contributed by atoms with Crippen LogP contribution in [0.2, 0.25) is 0 Å². The number of carbonyl (C=O) groups excluding carboxylic acids is 1. The highest BCUT2D eigenvalue weighted by Crippen LogP contribution is 2.22. The highest BCUT2D eigenvalue weighted by Gasteiger charge is 2.24. The molecule has 1 atom stereocenters. The third kappa shape index (κ3) is 4.39. The van der Waals surface area contributed by atoms with E-state index < -0.39 is 5.91 Å². The summed E-state index contributed by atoms with van der Waals surface area (Å²) < 4.78 is 11.1. The maximum absolute atomic E-state index is 12.7. The second kappa shape index (κ2) is 8.59. The number of morpholine rings is 1. The van der Waals surface area contributed by atoms with Crippen LogP contribution < -0.4 is 10.7 Å². The number of nitrogens with zero attached hydrogens (tertiary/aromatic N) is 1. The zero-order valence-electron chi connectivity index (χ0n) is 16.4. The van der Waals surface area contributed by atoms with Gasteiger partial charge in [0.15, 0.2) is 11.2 Å². The number of para-hydroxylation sites is 1. The van der Waals surface area contributed by atoms with Crippen LogP contribution >= 0.6 is 0 Å². The Morgan fingerprint density at radius 3 is 2.59 bits per heavy atom. The minimum atomic E-state index is -0.391. The number of fused-ring (bicyclic) bond motifs is 1. The maximum Gasteiger partial charge on any atom is 0.287 e. The van der Waals surface area contributed by atoms with Crippen molar-refractivity contribution in [3.8, 4) is 0 Å². The molecule has 1 N–H and O–H groups in total. The van der Waals surface area contributed by atoms with Crippen LogP contribution in [-0.2, 0) is 4.74 Å². The number of nitrogens with one attached hydrogen (secondary N) is 1. The molecule has 2 aromatic carbocycles. The fourth-order valence-electron chi connectivity index (χ4n) is 3.63. The first-order valence-electron chi connectivity index (χ1n) is 9.81. The summed E-state index contributed by atoms with van der Waals surface area (Å²) in [5, 5.41) is 3.41. The highest BCUT2D eigenvalue weighted by atomic mass is 16.5. The van der Waals surface area contributed by atoms with Gasteiger partial charge in [-0.1, -0.05) is 42.0 Å². The van der Waals surface area contributed by atoms with E-state index in [4.69, 9.17) is 9.15 Å². The topological polar surface area (TPSA) is 71.8 Å². The molecule has 0 saturated carbocycles. The first-order chi connectivity index (χ1) is 14.1. The van der Waals surface area contributed by atoms with Gasteiger partial charge in [-0.15, -0.1) is 0 Å². The standard InChI is InChI=1S/C23H24N2O4/c1-16-6-8-17(9-7-16)19(25-10-12-28-13-11-25)15-24-23(27)22-14-20(26)18-4-2-3-5-21(18)29-22/h2-9,14,19H,10-13,15H2,1H3,(H,24,27). The lowest BCUT2D eigenvalue weighted by atomic mass is 10.0.